The van der Waals surface area contributed by atoms with Gasteiger partial charge >= 0.3 is 5.97 Å². The predicted octanol–water partition coefficient (Wildman–Crippen LogP) is 2.82. The summed E-state index contributed by atoms with van der Waals surface area (Å²) >= 11 is 6.05. The maximum absolute atomic E-state index is 12.2. The summed E-state index contributed by atoms with van der Waals surface area (Å²) in [5, 5.41) is 2.95. The molecule has 0 saturated carbocycles. The summed E-state index contributed by atoms with van der Waals surface area (Å²) in [6.07, 6.45) is -0.936. The van der Waals surface area contributed by atoms with Crippen LogP contribution in [0.1, 0.15) is 38.1 Å². The second-order valence-electron chi connectivity index (χ2n) is 5.98. The van der Waals surface area contributed by atoms with Gasteiger partial charge in [-0.25, -0.2) is 4.79 Å². The van der Waals surface area contributed by atoms with Crippen molar-refractivity contribution in [1.82, 2.24) is 5.32 Å². The number of hydrogen-bond donors (Lipinski definition) is 1. The first kappa shape index (κ1) is 19.1. The number of esters is 1. The average molecular weight is 344 g/mol. The zero-order chi connectivity index (χ0) is 17.8. The minimum absolute atomic E-state index is 0.169. The number of nitrogens with one attached hydrogen (secondary N) is 1. The smallest absolute Gasteiger partial charge is 0.339 e. The Morgan fingerprint density at radius 2 is 1.78 bits per heavy atom. The van der Waals surface area contributed by atoms with E-state index in [9.17, 15) is 9.59 Å². The van der Waals surface area contributed by atoms with E-state index in [2.05, 4.69) is 5.32 Å². The molecule has 0 spiro atoms. The van der Waals surface area contributed by atoms with Crippen LogP contribution in [0.3, 0.4) is 0 Å². The lowest BCUT2D eigenvalue weighted by molar-refractivity contribution is -0.130. The summed E-state index contributed by atoms with van der Waals surface area (Å²) in [6.45, 7) is 7.02. The summed E-state index contributed by atoms with van der Waals surface area (Å²) in [7, 11) is 2.88. The third-order valence-electron chi connectivity index (χ3n) is 2.82. The Morgan fingerprint density at radius 1 is 1.17 bits per heavy atom. The van der Waals surface area contributed by atoms with Crippen LogP contribution >= 0.6 is 11.6 Å². The highest BCUT2D eigenvalue weighted by molar-refractivity contribution is 6.32. The van der Waals surface area contributed by atoms with Crippen molar-refractivity contribution in [3.8, 4) is 11.5 Å². The lowest BCUT2D eigenvalue weighted by Crippen LogP contribution is -2.46. The highest BCUT2D eigenvalue weighted by Crippen LogP contribution is 2.36. The van der Waals surface area contributed by atoms with Crippen LogP contribution in [0.5, 0.6) is 11.5 Å². The molecule has 7 heteroatoms. The van der Waals surface area contributed by atoms with Crippen LogP contribution in [0, 0.1) is 0 Å². The minimum atomic E-state index is -0.936. The zero-order valence-corrected chi connectivity index (χ0v) is 14.9. The number of carbonyl (C=O) groups excluding carboxylic acids is 2. The Morgan fingerprint density at radius 3 is 2.26 bits per heavy atom. The van der Waals surface area contributed by atoms with Crippen molar-refractivity contribution in [2.24, 2.45) is 0 Å². The normalized spacial score (nSPS) is 12.3. The first-order chi connectivity index (χ1) is 10.6. The summed E-state index contributed by atoms with van der Waals surface area (Å²) in [5.41, 5.74) is -0.243. The molecule has 1 atom stereocenters. The van der Waals surface area contributed by atoms with Gasteiger partial charge in [0.15, 0.2) is 17.6 Å². The number of carbonyl (C=O) groups is 2. The van der Waals surface area contributed by atoms with Gasteiger partial charge in [0.25, 0.3) is 5.91 Å². The SMILES string of the molecule is COc1cc(C(=O)O[C@H](C)C(=O)NC(C)(C)C)cc(Cl)c1OC. The van der Waals surface area contributed by atoms with Crippen molar-refractivity contribution >= 4 is 23.5 Å². The van der Waals surface area contributed by atoms with Gasteiger partial charge < -0.3 is 19.5 Å². The van der Waals surface area contributed by atoms with Gasteiger partial charge in [-0.3, -0.25) is 4.79 Å². The Bertz CT molecular complexity index is 595. The Balaban J connectivity index is 2.90. The molecule has 0 fully saturated rings. The van der Waals surface area contributed by atoms with Crippen LogP contribution in [-0.2, 0) is 9.53 Å². The molecule has 0 aliphatic carbocycles. The van der Waals surface area contributed by atoms with Gasteiger partial charge in [0.1, 0.15) is 0 Å². The molecule has 0 unspecified atom stereocenters. The van der Waals surface area contributed by atoms with E-state index < -0.39 is 17.6 Å². The number of rotatable bonds is 5. The van der Waals surface area contributed by atoms with E-state index in [1.807, 2.05) is 20.8 Å². The first-order valence-electron chi connectivity index (χ1n) is 7.03. The lowest BCUT2D eigenvalue weighted by Gasteiger charge is -2.23. The van der Waals surface area contributed by atoms with Crippen molar-refractivity contribution in [1.29, 1.82) is 0 Å². The molecular formula is C16H22ClNO5. The van der Waals surface area contributed by atoms with Crippen LogP contribution in [-0.4, -0.2) is 37.7 Å². The molecule has 1 aromatic carbocycles. The van der Waals surface area contributed by atoms with Crippen LogP contribution in [0.2, 0.25) is 5.02 Å². The van der Waals surface area contributed by atoms with Gasteiger partial charge in [0.05, 0.1) is 24.8 Å². The van der Waals surface area contributed by atoms with E-state index in [4.69, 9.17) is 25.8 Å². The molecule has 1 aromatic rings. The van der Waals surface area contributed by atoms with Crippen molar-refractivity contribution in [2.45, 2.75) is 39.3 Å². The average Bonchev–Trinajstić information content (AvgIpc) is 2.44. The van der Waals surface area contributed by atoms with Crippen molar-refractivity contribution in [3.05, 3.63) is 22.7 Å². The largest absolute Gasteiger partial charge is 0.493 e. The van der Waals surface area contributed by atoms with Gasteiger partial charge in [-0.1, -0.05) is 11.6 Å². The molecule has 128 valence electrons. The van der Waals surface area contributed by atoms with Gasteiger partial charge in [0, 0.05) is 5.54 Å². The van der Waals surface area contributed by atoms with Crippen LogP contribution < -0.4 is 14.8 Å². The summed E-state index contributed by atoms with van der Waals surface area (Å²) in [5.74, 6) is -0.426. The molecule has 6 nitrogen and oxygen atoms in total. The monoisotopic (exact) mass is 343 g/mol. The molecule has 0 saturated heterocycles. The van der Waals surface area contributed by atoms with Crippen molar-refractivity contribution in [2.75, 3.05) is 14.2 Å². The lowest BCUT2D eigenvalue weighted by atomic mass is 10.1. The van der Waals surface area contributed by atoms with E-state index in [1.54, 1.807) is 0 Å². The summed E-state index contributed by atoms with van der Waals surface area (Å²) in [6, 6.07) is 2.85. The van der Waals surface area contributed by atoms with Gasteiger partial charge in [-0.2, -0.15) is 0 Å². The highest BCUT2D eigenvalue weighted by atomic mass is 35.5. The molecule has 0 bridgehead atoms. The first-order valence-corrected chi connectivity index (χ1v) is 7.41. The number of methoxy groups -OCH3 is 2. The van der Waals surface area contributed by atoms with Crippen LogP contribution in [0.15, 0.2) is 12.1 Å². The number of ether oxygens (including phenoxy) is 3. The molecule has 1 amide bonds. The van der Waals surface area contributed by atoms with Crippen molar-refractivity contribution in [3.63, 3.8) is 0 Å². The number of hydrogen-bond acceptors (Lipinski definition) is 5. The number of halogens is 1. The van der Waals surface area contributed by atoms with Crippen LogP contribution in [0.4, 0.5) is 0 Å². The third-order valence-corrected chi connectivity index (χ3v) is 3.10. The van der Waals surface area contributed by atoms with E-state index in [-0.39, 0.29) is 16.5 Å². The fourth-order valence-corrected chi connectivity index (χ4v) is 2.08. The molecular weight excluding hydrogens is 322 g/mol. The van der Waals surface area contributed by atoms with Gasteiger partial charge in [-0.15, -0.1) is 0 Å². The van der Waals surface area contributed by atoms with E-state index in [0.29, 0.717) is 11.5 Å². The minimum Gasteiger partial charge on any atom is -0.493 e. The summed E-state index contributed by atoms with van der Waals surface area (Å²) in [4.78, 5) is 24.1. The Hall–Kier alpha value is -1.95. The molecule has 1 rings (SSSR count). The van der Waals surface area contributed by atoms with Gasteiger partial charge in [0.2, 0.25) is 0 Å². The standard InChI is InChI=1S/C16H22ClNO5/c1-9(14(19)18-16(2,3)4)23-15(20)10-7-11(17)13(22-6)12(8-10)21-5/h7-9H,1-6H3,(H,18,19)/t9-/m1/s1. The van der Waals surface area contributed by atoms with Gasteiger partial charge in [-0.05, 0) is 39.8 Å². The topological polar surface area (TPSA) is 73.9 Å². The van der Waals surface area contributed by atoms with Crippen molar-refractivity contribution < 1.29 is 23.8 Å². The molecule has 0 aliphatic rings. The quantitative estimate of drug-likeness (QED) is 0.832. The molecule has 0 aliphatic heterocycles. The Kier molecular flexibility index (Phi) is 6.27. The second-order valence-corrected chi connectivity index (χ2v) is 6.39. The fourth-order valence-electron chi connectivity index (χ4n) is 1.79. The molecule has 23 heavy (non-hydrogen) atoms. The third kappa shape index (κ3) is 5.32. The van der Waals surface area contributed by atoms with E-state index >= 15 is 0 Å². The second kappa shape index (κ2) is 7.55. The predicted molar refractivity (Wildman–Crippen MR) is 87.3 cm³/mol. The summed E-state index contributed by atoms with van der Waals surface area (Å²) < 4.78 is 15.4. The molecule has 0 radical (unpaired) electrons. The highest BCUT2D eigenvalue weighted by Gasteiger charge is 2.24. The Labute approximate surface area is 141 Å². The maximum atomic E-state index is 12.2. The number of benzene rings is 1. The zero-order valence-electron chi connectivity index (χ0n) is 14.2. The van der Waals surface area contributed by atoms with E-state index in [0.717, 1.165) is 0 Å². The number of amides is 1. The fraction of sp³-hybridized carbons (Fsp3) is 0.500. The van der Waals surface area contributed by atoms with E-state index in [1.165, 1.54) is 33.3 Å². The van der Waals surface area contributed by atoms with Crippen LogP contribution in [0.25, 0.3) is 0 Å². The maximum Gasteiger partial charge on any atom is 0.339 e. The molecule has 0 heterocycles. The molecule has 1 N–H and O–H groups in total. The molecule has 0 aromatic heterocycles.